The van der Waals surface area contributed by atoms with Crippen LogP contribution in [0.3, 0.4) is 0 Å². The highest BCUT2D eigenvalue weighted by Crippen LogP contribution is 2.20. The Morgan fingerprint density at radius 3 is 2.33 bits per heavy atom. The van der Waals surface area contributed by atoms with Crippen LogP contribution < -0.4 is 10.2 Å². The first-order valence-electron chi connectivity index (χ1n) is 11.1. The third-order valence-corrected chi connectivity index (χ3v) is 5.94. The summed E-state index contributed by atoms with van der Waals surface area (Å²) in [7, 11) is 0. The Morgan fingerprint density at radius 2 is 1.70 bits per heavy atom. The van der Waals surface area contributed by atoms with Crippen molar-refractivity contribution in [2.24, 2.45) is 0 Å². The van der Waals surface area contributed by atoms with Crippen molar-refractivity contribution < 1.29 is 24.2 Å². The van der Waals surface area contributed by atoms with E-state index < -0.39 is 18.1 Å². The molecule has 2 aromatic carbocycles. The Bertz CT molecular complexity index is 971. The molecule has 1 aliphatic heterocycles. The monoisotopic (exact) mass is 453 g/mol. The molecule has 33 heavy (non-hydrogen) atoms. The van der Waals surface area contributed by atoms with Gasteiger partial charge in [0.05, 0.1) is 0 Å². The number of carboxylic acid groups (broad SMARTS) is 1. The van der Waals surface area contributed by atoms with Crippen LogP contribution in [0.4, 0.5) is 10.5 Å². The van der Waals surface area contributed by atoms with Gasteiger partial charge >= 0.3 is 12.1 Å². The second-order valence-electron chi connectivity index (χ2n) is 8.27. The highest BCUT2D eigenvalue weighted by molar-refractivity contribution is 5.82. The third-order valence-electron chi connectivity index (χ3n) is 5.94. The summed E-state index contributed by atoms with van der Waals surface area (Å²) in [5, 5.41) is 11.8. The van der Waals surface area contributed by atoms with Crippen LogP contribution in [0, 0.1) is 13.8 Å². The van der Waals surface area contributed by atoms with Crippen molar-refractivity contribution in [2.75, 3.05) is 31.1 Å². The number of alkyl carbamates (subject to hydrolysis) is 1. The van der Waals surface area contributed by atoms with E-state index >= 15 is 0 Å². The summed E-state index contributed by atoms with van der Waals surface area (Å²) in [5.41, 5.74) is 4.43. The summed E-state index contributed by atoms with van der Waals surface area (Å²) in [6.45, 7) is 6.82. The Hall–Kier alpha value is -3.55. The van der Waals surface area contributed by atoms with E-state index in [1.54, 1.807) is 17.0 Å². The molecule has 1 heterocycles. The number of amides is 2. The van der Waals surface area contributed by atoms with Crippen LogP contribution in [0.15, 0.2) is 48.5 Å². The van der Waals surface area contributed by atoms with E-state index in [4.69, 9.17) is 4.74 Å². The van der Waals surface area contributed by atoms with Crippen molar-refractivity contribution in [3.8, 4) is 0 Å². The zero-order chi connectivity index (χ0) is 23.8. The van der Waals surface area contributed by atoms with E-state index in [9.17, 15) is 19.5 Å². The molecule has 2 aromatic rings. The van der Waals surface area contributed by atoms with E-state index in [1.165, 1.54) is 11.1 Å². The van der Waals surface area contributed by atoms with Gasteiger partial charge in [-0.1, -0.05) is 36.4 Å². The highest BCUT2D eigenvalue weighted by atomic mass is 16.5. The molecule has 3 rings (SSSR count). The van der Waals surface area contributed by atoms with Gasteiger partial charge in [0.2, 0.25) is 5.91 Å². The van der Waals surface area contributed by atoms with Crippen LogP contribution in [-0.4, -0.2) is 60.2 Å². The summed E-state index contributed by atoms with van der Waals surface area (Å²) in [6, 6.07) is 14.3. The summed E-state index contributed by atoms with van der Waals surface area (Å²) in [6.07, 6.45) is -0.772. The van der Waals surface area contributed by atoms with Crippen molar-refractivity contribution in [1.29, 1.82) is 0 Å². The van der Waals surface area contributed by atoms with E-state index in [-0.39, 0.29) is 25.4 Å². The molecule has 8 nitrogen and oxygen atoms in total. The SMILES string of the molecule is Cc1ccc(N2CCN(C(=O)CC[C@H](NC(=O)OCc3ccccc3)C(=O)O)CC2)cc1C. The first-order chi connectivity index (χ1) is 15.8. The number of piperazine rings is 1. The lowest BCUT2D eigenvalue weighted by Crippen LogP contribution is -2.49. The number of hydrogen-bond donors (Lipinski definition) is 2. The molecule has 0 unspecified atom stereocenters. The van der Waals surface area contributed by atoms with Gasteiger partial charge in [-0.05, 0) is 49.1 Å². The Morgan fingerprint density at radius 1 is 1.00 bits per heavy atom. The van der Waals surface area contributed by atoms with Gasteiger partial charge < -0.3 is 25.0 Å². The van der Waals surface area contributed by atoms with Crippen molar-refractivity contribution in [2.45, 2.75) is 39.3 Å². The van der Waals surface area contributed by atoms with Gasteiger partial charge in [0.1, 0.15) is 12.6 Å². The fourth-order valence-electron chi connectivity index (χ4n) is 3.73. The quantitative estimate of drug-likeness (QED) is 0.637. The first-order valence-corrected chi connectivity index (χ1v) is 11.1. The number of benzene rings is 2. The number of anilines is 1. The van der Waals surface area contributed by atoms with Gasteiger partial charge in [-0.2, -0.15) is 0 Å². The average molecular weight is 454 g/mol. The van der Waals surface area contributed by atoms with Crippen molar-refractivity contribution >= 4 is 23.7 Å². The largest absolute Gasteiger partial charge is 0.480 e. The number of nitrogens with one attached hydrogen (secondary N) is 1. The lowest BCUT2D eigenvalue weighted by atomic mass is 10.1. The van der Waals surface area contributed by atoms with Crippen LogP contribution in [0.2, 0.25) is 0 Å². The van der Waals surface area contributed by atoms with Gasteiger partial charge in [-0.15, -0.1) is 0 Å². The molecule has 1 fully saturated rings. The minimum absolute atomic E-state index is 0.00593. The molecule has 0 spiro atoms. The molecule has 1 saturated heterocycles. The normalized spacial score (nSPS) is 14.5. The van der Waals surface area contributed by atoms with Crippen molar-refractivity contribution in [1.82, 2.24) is 10.2 Å². The summed E-state index contributed by atoms with van der Waals surface area (Å²) in [4.78, 5) is 40.2. The smallest absolute Gasteiger partial charge is 0.408 e. The van der Waals surface area contributed by atoms with E-state index in [0.29, 0.717) is 13.1 Å². The number of aryl methyl sites for hydroxylation is 2. The summed E-state index contributed by atoms with van der Waals surface area (Å²) < 4.78 is 5.09. The molecule has 0 aromatic heterocycles. The Kier molecular flexibility index (Phi) is 8.29. The fraction of sp³-hybridized carbons (Fsp3) is 0.400. The van der Waals surface area contributed by atoms with Gasteiger partial charge in [0.25, 0.3) is 0 Å². The molecule has 2 amide bonds. The Balaban J connectivity index is 1.43. The van der Waals surface area contributed by atoms with E-state index in [2.05, 4.69) is 42.3 Å². The molecule has 1 aliphatic rings. The molecule has 2 N–H and O–H groups in total. The van der Waals surface area contributed by atoms with Gasteiger partial charge in [-0.3, -0.25) is 4.79 Å². The first kappa shape index (κ1) is 24.1. The van der Waals surface area contributed by atoms with Crippen LogP contribution >= 0.6 is 0 Å². The number of ether oxygens (including phenoxy) is 1. The van der Waals surface area contributed by atoms with Crippen molar-refractivity contribution in [3.05, 3.63) is 65.2 Å². The number of carboxylic acids is 1. The summed E-state index contributed by atoms with van der Waals surface area (Å²) in [5.74, 6) is -1.31. The second kappa shape index (κ2) is 11.4. The predicted molar refractivity (Wildman–Crippen MR) is 125 cm³/mol. The minimum Gasteiger partial charge on any atom is -0.480 e. The second-order valence-corrected chi connectivity index (χ2v) is 8.27. The molecule has 8 heteroatoms. The maximum absolute atomic E-state index is 12.6. The zero-order valence-electron chi connectivity index (χ0n) is 19.1. The maximum Gasteiger partial charge on any atom is 0.408 e. The molecule has 0 aliphatic carbocycles. The number of hydrogen-bond acceptors (Lipinski definition) is 5. The number of carbonyl (C=O) groups excluding carboxylic acids is 2. The predicted octanol–water partition coefficient (Wildman–Crippen LogP) is 3.11. The van der Waals surface area contributed by atoms with E-state index in [1.807, 2.05) is 18.2 Å². The zero-order valence-corrected chi connectivity index (χ0v) is 19.1. The maximum atomic E-state index is 12.6. The summed E-state index contributed by atoms with van der Waals surface area (Å²) >= 11 is 0. The standard InChI is InChI=1S/C25H31N3O5/c1-18-8-9-21(16-19(18)2)27-12-14-28(15-13-27)23(29)11-10-22(24(30)31)26-25(32)33-17-20-6-4-3-5-7-20/h3-9,16,22H,10-15,17H2,1-2H3,(H,26,32)(H,30,31)/t22-/m0/s1. The number of carbonyl (C=O) groups is 3. The molecular weight excluding hydrogens is 422 g/mol. The van der Waals surface area contributed by atoms with E-state index in [0.717, 1.165) is 24.3 Å². The van der Waals surface area contributed by atoms with Crippen LogP contribution in [0.5, 0.6) is 0 Å². The lowest BCUT2D eigenvalue weighted by molar-refractivity contribution is -0.140. The highest BCUT2D eigenvalue weighted by Gasteiger charge is 2.25. The van der Waals surface area contributed by atoms with Gasteiger partial charge in [0, 0.05) is 38.3 Å². The molecule has 0 saturated carbocycles. The van der Waals surface area contributed by atoms with Gasteiger partial charge in [0.15, 0.2) is 0 Å². The number of nitrogens with zero attached hydrogens (tertiary/aromatic N) is 2. The molecular formula is C25H31N3O5. The third kappa shape index (κ3) is 6.97. The fourth-order valence-corrected chi connectivity index (χ4v) is 3.73. The Labute approximate surface area is 194 Å². The van der Waals surface area contributed by atoms with Crippen LogP contribution in [-0.2, 0) is 20.9 Å². The lowest BCUT2D eigenvalue weighted by Gasteiger charge is -2.36. The topological polar surface area (TPSA) is 99.2 Å². The number of aliphatic carboxylic acids is 1. The molecule has 1 atom stereocenters. The molecule has 176 valence electrons. The van der Waals surface area contributed by atoms with Crippen molar-refractivity contribution in [3.63, 3.8) is 0 Å². The minimum atomic E-state index is -1.20. The molecule has 0 radical (unpaired) electrons. The van der Waals surface area contributed by atoms with Gasteiger partial charge in [-0.25, -0.2) is 9.59 Å². The van der Waals surface area contributed by atoms with Crippen LogP contribution in [0.25, 0.3) is 0 Å². The number of rotatable bonds is 8. The average Bonchev–Trinajstić information content (AvgIpc) is 2.82. The van der Waals surface area contributed by atoms with Crippen LogP contribution in [0.1, 0.15) is 29.5 Å². The molecule has 0 bridgehead atoms.